The Hall–Kier alpha value is -1.22. The average Bonchev–Trinajstić information content (AvgIpc) is 2.38. The Kier molecular flexibility index (Phi) is 3.89. The van der Waals surface area contributed by atoms with Gasteiger partial charge in [-0.15, -0.1) is 0 Å². The van der Waals surface area contributed by atoms with Gasteiger partial charge < -0.3 is 14.8 Å². The second kappa shape index (κ2) is 5.41. The highest BCUT2D eigenvalue weighted by molar-refractivity contribution is 5.47. The molecule has 1 N–H and O–H groups in total. The van der Waals surface area contributed by atoms with Crippen molar-refractivity contribution in [2.24, 2.45) is 5.92 Å². The van der Waals surface area contributed by atoms with Gasteiger partial charge in [0.25, 0.3) is 0 Å². The Morgan fingerprint density at radius 3 is 2.35 bits per heavy atom. The summed E-state index contributed by atoms with van der Waals surface area (Å²) in [6.07, 6.45) is 2.49. The normalized spacial score (nSPS) is 24.4. The predicted molar refractivity (Wildman–Crippen MR) is 68.7 cm³/mol. The molecule has 2 atom stereocenters. The fraction of sp³-hybridized carbons (Fsp3) is 0.571. The van der Waals surface area contributed by atoms with E-state index in [9.17, 15) is 0 Å². The molecule has 0 spiro atoms. The summed E-state index contributed by atoms with van der Waals surface area (Å²) in [7, 11) is 3.43. The van der Waals surface area contributed by atoms with Gasteiger partial charge in [-0.2, -0.15) is 0 Å². The maximum atomic E-state index is 5.47. The monoisotopic (exact) mass is 235 g/mol. The van der Waals surface area contributed by atoms with Gasteiger partial charge in [-0.25, -0.2) is 0 Å². The highest BCUT2D eigenvalue weighted by atomic mass is 16.5. The summed E-state index contributed by atoms with van der Waals surface area (Å²) in [5.74, 6) is 2.43. The van der Waals surface area contributed by atoms with Gasteiger partial charge in [0, 0.05) is 6.04 Å². The molecule has 1 aliphatic rings. The summed E-state index contributed by atoms with van der Waals surface area (Å²) in [6.45, 7) is 3.35. The zero-order valence-corrected chi connectivity index (χ0v) is 10.8. The number of hydrogen-bond acceptors (Lipinski definition) is 3. The van der Waals surface area contributed by atoms with E-state index < -0.39 is 0 Å². The Balaban J connectivity index is 2.40. The van der Waals surface area contributed by atoms with Gasteiger partial charge >= 0.3 is 0 Å². The first-order valence-corrected chi connectivity index (χ1v) is 6.22. The molecule has 0 aliphatic carbocycles. The van der Waals surface area contributed by atoms with Gasteiger partial charge in [0.05, 0.1) is 19.8 Å². The van der Waals surface area contributed by atoms with Crippen LogP contribution in [0.1, 0.15) is 31.4 Å². The lowest BCUT2D eigenvalue weighted by Gasteiger charge is -2.32. The zero-order valence-electron chi connectivity index (χ0n) is 10.8. The molecule has 0 aromatic heterocycles. The Morgan fingerprint density at radius 1 is 1.18 bits per heavy atom. The first-order valence-electron chi connectivity index (χ1n) is 6.22. The molecule has 1 heterocycles. The molecule has 1 saturated heterocycles. The summed E-state index contributed by atoms with van der Waals surface area (Å²) in [4.78, 5) is 0. The molecule has 0 radical (unpaired) electrons. The Morgan fingerprint density at radius 2 is 1.82 bits per heavy atom. The largest absolute Gasteiger partial charge is 0.496 e. The number of ether oxygens (including phenoxy) is 2. The highest BCUT2D eigenvalue weighted by Crippen LogP contribution is 2.39. The number of piperidine rings is 1. The van der Waals surface area contributed by atoms with Gasteiger partial charge in [-0.1, -0.05) is 13.0 Å². The number of rotatable bonds is 3. The van der Waals surface area contributed by atoms with Crippen molar-refractivity contribution < 1.29 is 9.47 Å². The summed E-state index contributed by atoms with van der Waals surface area (Å²) in [5.41, 5.74) is 1.16. The van der Waals surface area contributed by atoms with E-state index in [1.165, 1.54) is 12.8 Å². The lowest BCUT2D eigenvalue weighted by atomic mass is 9.87. The summed E-state index contributed by atoms with van der Waals surface area (Å²) in [6, 6.07) is 6.30. The second-order valence-corrected chi connectivity index (χ2v) is 4.63. The Labute approximate surface area is 103 Å². The van der Waals surface area contributed by atoms with Crippen LogP contribution in [0.25, 0.3) is 0 Å². The van der Waals surface area contributed by atoms with E-state index in [-0.39, 0.29) is 0 Å². The SMILES string of the molecule is COc1cccc(OC)c1C1NCCCC1C. The minimum absolute atomic E-state index is 0.329. The molecule has 0 saturated carbocycles. The summed E-state index contributed by atoms with van der Waals surface area (Å²) in [5, 5.41) is 3.57. The van der Waals surface area contributed by atoms with Crippen LogP contribution in [-0.2, 0) is 0 Å². The maximum Gasteiger partial charge on any atom is 0.127 e. The molecule has 1 fully saturated rings. The molecule has 1 aromatic carbocycles. The first-order chi connectivity index (χ1) is 8.27. The lowest BCUT2D eigenvalue weighted by molar-refractivity contribution is 0.285. The van der Waals surface area contributed by atoms with E-state index in [1.807, 2.05) is 18.2 Å². The van der Waals surface area contributed by atoms with Gasteiger partial charge in [-0.3, -0.25) is 0 Å². The molecule has 2 unspecified atom stereocenters. The van der Waals surface area contributed by atoms with Gasteiger partial charge in [0.2, 0.25) is 0 Å². The molecule has 0 bridgehead atoms. The molecule has 1 aliphatic heterocycles. The van der Waals surface area contributed by atoms with E-state index in [0.717, 1.165) is 23.6 Å². The van der Waals surface area contributed by atoms with Gasteiger partial charge in [0.15, 0.2) is 0 Å². The fourth-order valence-electron chi connectivity index (χ4n) is 2.62. The van der Waals surface area contributed by atoms with Gasteiger partial charge in [0.1, 0.15) is 11.5 Å². The minimum Gasteiger partial charge on any atom is -0.496 e. The van der Waals surface area contributed by atoms with Crippen LogP contribution in [0.4, 0.5) is 0 Å². The van der Waals surface area contributed by atoms with E-state index >= 15 is 0 Å². The summed E-state index contributed by atoms with van der Waals surface area (Å²) >= 11 is 0. The molecule has 3 nitrogen and oxygen atoms in total. The third kappa shape index (κ3) is 2.39. The van der Waals surface area contributed by atoms with E-state index in [1.54, 1.807) is 14.2 Å². The van der Waals surface area contributed by atoms with Crippen LogP contribution < -0.4 is 14.8 Å². The van der Waals surface area contributed by atoms with Crippen molar-refractivity contribution >= 4 is 0 Å². The molecule has 0 amide bonds. The van der Waals surface area contributed by atoms with Crippen LogP contribution in [-0.4, -0.2) is 20.8 Å². The van der Waals surface area contributed by atoms with Crippen LogP contribution >= 0.6 is 0 Å². The molecule has 1 aromatic rings. The topological polar surface area (TPSA) is 30.5 Å². The summed E-state index contributed by atoms with van der Waals surface area (Å²) < 4.78 is 10.9. The maximum absolute atomic E-state index is 5.47. The zero-order chi connectivity index (χ0) is 12.3. The molecular weight excluding hydrogens is 214 g/mol. The molecule has 17 heavy (non-hydrogen) atoms. The van der Waals surface area contributed by atoms with E-state index in [4.69, 9.17) is 9.47 Å². The third-order valence-electron chi connectivity index (χ3n) is 3.55. The minimum atomic E-state index is 0.329. The molecule has 3 heteroatoms. The van der Waals surface area contributed by atoms with Crippen molar-refractivity contribution in [3.8, 4) is 11.5 Å². The van der Waals surface area contributed by atoms with Crippen molar-refractivity contribution in [3.63, 3.8) is 0 Å². The van der Waals surface area contributed by atoms with E-state index in [0.29, 0.717) is 12.0 Å². The van der Waals surface area contributed by atoms with Crippen LogP contribution in [0.15, 0.2) is 18.2 Å². The van der Waals surface area contributed by atoms with Crippen molar-refractivity contribution in [2.75, 3.05) is 20.8 Å². The third-order valence-corrected chi connectivity index (χ3v) is 3.55. The van der Waals surface area contributed by atoms with Crippen LogP contribution in [0, 0.1) is 5.92 Å². The number of benzene rings is 1. The first kappa shape index (κ1) is 12.2. The lowest BCUT2D eigenvalue weighted by Crippen LogP contribution is -2.33. The Bertz CT molecular complexity index is 356. The van der Waals surface area contributed by atoms with E-state index in [2.05, 4.69) is 12.2 Å². The fourth-order valence-corrected chi connectivity index (χ4v) is 2.62. The average molecular weight is 235 g/mol. The molecule has 94 valence electrons. The van der Waals surface area contributed by atoms with Crippen molar-refractivity contribution in [2.45, 2.75) is 25.8 Å². The number of hydrogen-bond donors (Lipinski definition) is 1. The van der Waals surface area contributed by atoms with Crippen molar-refractivity contribution in [1.29, 1.82) is 0 Å². The highest BCUT2D eigenvalue weighted by Gasteiger charge is 2.27. The van der Waals surface area contributed by atoms with Crippen molar-refractivity contribution in [3.05, 3.63) is 23.8 Å². The van der Waals surface area contributed by atoms with Crippen LogP contribution in [0.3, 0.4) is 0 Å². The quantitative estimate of drug-likeness (QED) is 0.874. The van der Waals surface area contributed by atoms with Gasteiger partial charge in [-0.05, 0) is 37.4 Å². The molecular formula is C14H21NO2. The van der Waals surface area contributed by atoms with Crippen molar-refractivity contribution in [1.82, 2.24) is 5.32 Å². The second-order valence-electron chi connectivity index (χ2n) is 4.63. The van der Waals surface area contributed by atoms with Crippen LogP contribution in [0.2, 0.25) is 0 Å². The number of nitrogens with one attached hydrogen (secondary N) is 1. The number of methoxy groups -OCH3 is 2. The predicted octanol–water partition coefficient (Wildman–Crippen LogP) is 2.76. The smallest absolute Gasteiger partial charge is 0.127 e. The standard InChI is InChI=1S/C14H21NO2/c1-10-6-5-9-15-14(10)13-11(16-2)7-4-8-12(13)17-3/h4,7-8,10,14-15H,5-6,9H2,1-3H3. The molecule has 2 rings (SSSR count). The van der Waals surface area contributed by atoms with Crippen LogP contribution in [0.5, 0.6) is 11.5 Å².